The zero-order valence-electron chi connectivity index (χ0n) is 18.8. The number of aliphatic imine (C=N–C) groups is 1. The summed E-state index contributed by atoms with van der Waals surface area (Å²) < 4.78 is 5.50. The highest BCUT2D eigenvalue weighted by atomic mass is 16.5. The van der Waals surface area contributed by atoms with Gasteiger partial charge in [0.1, 0.15) is 18.1 Å². The number of nitrogens with one attached hydrogen (secondary N) is 4. The molecule has 1 saturated heterocycles. The predicted molar refractivity (Wildman–Crippen MR) is 125 cm³/mol. The molecule has 0 bridgehead atoms. The van der Waals surface area contributed by atoms with Crippen LogP contribution >= 0.6 is 0 Å². The molecule has 2 fully saturated rings. The maximum Gasteiger partial charge on any atom is 0.274 e. The van der Waals surface area contributed by atoms with E-state index >= 15 is 0 Å². The molecule has 1 saturated carbocycles. The van der Waals surface area contributed by atoms with Crippen LogP contribution in [0.4, 0.5) is 11.5 Å². The highest BCUT2D eigenvalue weighted by Gasteiger charge is 2.29. The Hall–Kier alpha value is -3.80. The minimum absolute atomic E-state index is 0.0512. The van der Waals surface area contributed by atoms with Crippen LogP contribution in [0, 0.1) is 5.41 Å². The van der Waals surface area contributed by atoms with Gasteiger partial charge in [0.2, 0.25) is 0 Å². The van der Waals surface area contributed by atoms with Crippen molar-refractivity contribution in [2.45, 2.75) is 43.7 Å². The molecule has 0 spiro atoms. The molecule has 2 unspecified atom stereocenters. The lowest BCUT2D eigenvalue weighted by atomic mass is 10.1. The molecule has 2 atom stereocenters. The summed E-state index contributed by atoms with van der Waals surface area (Å²) in [6.45, 7) is 0.985. The van der Waals surface area contributed by atoms with Crippen LogP contribution in [0.2, 0.25) is 0 Å². The second-order valence-corrected chi connectivity index (χ2v) is 8.14. The largest absolute Gasteiger partial charge is 0.376 e. The first-order chi connectivity index (χ1) is 16.5. The number of nitrogens with zero attached hydrogens (tertiary/aromatic N) is 5. The molecule has 4 rings (SSSR count). The number of rotatable bonds is 10. The maximum absolute atomic E-state index is 13.2. The molecule has 2 amide bonds. The first kappa shape index (κ1) is 23.4. The van der Waals surface area contributed by atoms with Gasteiger partial charge in [0.05, 0.1) is 36.1 Å². The van der Waals surface area contributed by atoms with Gasteiger partial charge in [-0.2, -0.15) is 0 Å². The van der Waals surface area contributed by atoms with Gasteiger partial charge in [-0.1, -0.05) is 0 Å². The minimum atomic E-state index is -1.04. The van der Waals surface area contributed by atoms with Crippen LogP contribution in [0.15, 0.2) is 29.9 Å². The van der Waals surface area contributed by atoms with Crippen LogP contribution < -0.4 is 16.0 Å². The van der Waals surface area contributed by atoms with Gasteiger partial charge in [0, 0.05) is 32.3 Å². The van der Waals surface area contributed by atoms with E-state index in [1.807, 2.05) is 0 Å². The lowest BCUT2D eigenvalue weighted by molar-refractivity contribution is -0.115. The van der Waals surface area contributed by atoms with Crippen LogP contribution in [0.25, 0.3) is 0 Å². The van der Waals surface area contributed by atoms with E-state index < -0.39 is 17.9 Å². The fourth-order valence-corrected chi connectivity index (χ4v) is 3.52. The molecule has 1 aliphatic heterocycles. The summed E-state index contributed by atoms with van der Waals surface area (Å²) >= 11 is 0. The summed E-state index contributed by atoms with van der Waals surface area (Å²) in [4.78, 5) is 46.5. The highest BCUT2D eigenvalue weighted by Crippen LogP contribution is 2.39. The van der Waals surface area contributed by atoms with Crippen molar-refractivity contribution >= 4 is 35.2 Å². The molecule has 0 radical (unpaired) electrons. The van der Waals surface area contributed by atoms with Crippen molar-refractivity contribution in [2.24, 2.45) is 4.99 Å². The Labute approximate surface area is 196 Å². The molecule has 34 heavy (non-hydrogen) atoms. The van der Waals surface area contributed by atoms with E-state index in [-0.39, 0.29) is 29.2 Å². The van der Waals surface area contributed by atoms with Gasteiger partial charge in [-0.15, -0.1) is 0 Å². The number of hydrogen-bond acceptors (Lipinski definition) is 10. The molecule has 4 N–H and O–H groups in total. The van der Waals surface area contributed by atoms with Gasteiger partial charge in [0.25, 0.3) is 11.8 Å². The van der Waals surface area contributed by atoms with Crippen LogP contribution in [0.1, 0.15) is 47.8 Å². The molecule has 12 nitrogen and oxygen atoms in total. The van der Waals surface area contributed by atoms with E-state index in [4.69, 9.17) is 10.1 Å². The van der Waals surface area contributed by atoms with Crippen molar-refractivity contribution in [1.29, 1.82) is 5.41 Å². The van der Waals surface area contributed by atoms with Crippen LogP contribution in [-0.4, -0.2) is 76.0 Å². The zero-order chi connectivity index (χ0) is 23.9. The van der Waals surface area contributed by atoms with Crippen molar-refractivity contribution in [3.63, 3.8) is 0 Å². The standard InChI is InChI=1S/C22H27N9O3/c1-24-10-17(18(23)21(32)28-9-15-3-2-6-34-15)31-22(33)19-20(29-14-7-25-12-26-8-14)27-11-16(30-19)13-4-5-13/h7-8,10-13,15,17,23H,2-6,9H2,1H3,(H,27,29)(H,28,32)(H,31,33). The number of hydrogen-bond donors (Lipinski definition) is 4. The van der Waals surface area contributed by atoms with Crippen molar-refractivity contribution in [1.82, 2.24) is 30.6 Å². The lowest BCUT2D eigenvalue weighted by Gasteiger charge is -2.18. The minimum Gasteiger partial charge on any atom is -0.376 e. The Bertz CT molecular complexity index is 1070. The smallest absolute Gasteiger partial charge is 0.274 e. The highest BCUT2D eigenvalue weighted by molar-refractivity contribution is 6.43. The van der Waals surface area contributed by atoms with Crippen molar-refractivity contribution in [2.75, 3.05) is 25.5 Å². The Balaban J connectivity index is 1.49. The summed E-state index contributed by atoms with van der Waals surface area (Å²) in [6, 6.07) is -1.04. The molecule has 12 heteroatoms. The summed E-state index contributed by atoms with van der Waals surface area (Å²) in [5.41, 5.74) is 0.979. The normalized spacial score (nSPS) is 18.4. The van der Waals surface area contributed by atoms with E-state index in [9.17, 15) is 9.59 Å². The molecule has 1 aliphatic carbocycles. The third-order valence-electron chi connectivity index (χ3n) is 5.48. The molecule has 2 aromatic rings. The molecule has 2 aromatic heterocycles. The van der Waals surface area contributed by atoms with E-state index in [1.165, 1.54) is 19.6 Å². The van der Waals surface area contributed by atoms with Gasteiger partial charge in [-0.25, -0.2) is 19.9 Å². The quantitative estimate of drug-likeness (QED) is 0.377. The first-order valence-electron chi connectivity index (χ1n) is 11.2. The summed E-state index contributed by atoms with van der Waals surface area (Å²) in [5, 5.41) is 16.7. The monoisotopic (exact) mass is 465 g/mol. The van der Waals surface area contributed by atoms with E-state index in [1.54, 1.807) is 18.6 Å². The maximum atomic E-state index is 13.2. The van der Waals surface area contributed by atoms with E-state index in [2.05, 4.69) is 40.9 Å². The number of carbonyl (C=O) groups excluding carboxylic acids is 2. The average molecular weight is 466 g/mol. The summed E-state index contributed by atoms with van der Waals surface area (Å²) in [5.74, 6) is -0.685. The van der Waals surface area contributed by atoms with Crippen molar-refractivity contribution < 1.29 is 14.3 Å². The van der Waals surface area contributed by atoms with Crippen LogP contribution in [0.3, 0.4) is 0 Å². The van der Waals surface area contributed by atoms with Gasteiger partial charge in [0.15, 0.2) is 11.5 Å². The molecular formula is C22H27N9O3. The van der Waals surface area contributed by atoms with E-state index in [0.717, 1.165) is 31.4 Å². The number of anilines is 2. The molecule has 3 heterocycles. The van der Waals surface area contributed by atoms with Crippen molar-refractivity contribution in [3.05, 3.63) is 36.3 Å². The van der Waals surface area contributed by atoms with Gasteiger partial charge in [-0.3, -0.25) is 20.0 Å². The number of carbonyl (C=O) groups is 2. The van der Waals surface area contributed by atoms with Crippen LogP contribution in [-0.2, 0) is 9.53 Å². The van der Waals surface area contributed by atoms with Crippen LogP contribution in [0.5, 0.6) is 0 Å². The molecule has 178 valence electrons. The molecule has 0 aromatic carbocycles. The van der Waals surface area contributed by atoms with Gasteiger partial charge < -0.3 is 20.7 Å². The Morgan fingerprint density at radius 2 is 2.06 bits per heavy atom. The van der Waals surface area contributed by atoms with E-state index in [0.29, 0.717) is 18.8 Å². The number of ether oxygens (including phenoxy) is 1. The van der Waals surface area contributed by atoms with Gasteiger partial charge in [-0.05, 0) is 25.7 Å². The Morgan fingerprint density at radius 1 is 1.26 bits per heavy atom. The average Bonchev–Trinajstić information content (AvgIpc) is 3.57. The zero-order valence-corrected chi connectivity index (χ0v) is 18.8. The summed E-state index contributed by atoms with van der Waals surface area (Å²) in [7, 11) is 1.51. The second kappa shape index (κ2) is 10.9. The third-order valence-corrected chi connectivity index (χ3v) is 5.48. The lowest BCUT2D eigenvalue weighted by Crippen LogP contribution is -2.49. The second-order valence-electron chi connectivity index (χ2n) is 8.14. The number of amides is 2. The number of aromatic nitrogens is 4. The summed E-state index contributed by atoms with van der Waals surface area (Å²) in [6.07, 6.45) is 11.2. The molecular weight excluding hydrogens is 438 g/mol. The molecule has 2 aliphatic rings. The Morgan fingerprint density at radius 3 is 2.74 bits per heavy atom. The fraction of sp³-hybridized carbons (Fsp3) is 0.455. The first-order valence-corrected chi connectivity index (χ1v) is 11.2. The van der Waals surface area contributed by atoms with Crippen molar-refractivity contribution in [3.8, 4) is 0 Å². The fourth-order valence-electron chi connectivity index (χ4n) is 3.52. The topological polar surface area (TPSA) is 167 Å². The van der Waals surface area contributed by atoms with Gasteiger partial charge >= 0.3 is 0 Å². The third kappa shape index (κ3) is 5.95. The SMILES string of the molecule is CN=CC(NC(=O)c1nc(C2CC2)cnc1Nc1cncnc1)C(=N)C(=O)NCC1CCCO1. The predicted octanol–water partition coefficient (Wildman–Crippen LogP) is 1.00. The Kier molecular flexibility index (Phi) is 7.48.